The molecule has 7 heteroatoms. The Labute approximate surface area is 176 Å². The van der Waals surface area contributed by atoms with Crippen molar-refractivity contribution in [2.75, 3.05) is 19.6 Å². The molecule has 7 nitrogen and oxygen atoms in total. The predicted octanol–water partition coefficient (Wildman–Crippen LogP) is 4.03. The average molecular weight is 409 g/mol. The standard InChI is InChI=1S/C23H27N3O4/c1-16-20(17(2)30-25-16)15-29-19-9-7-18(8-10-19)23(27)24-14-21(22-6-5-13-28-22)26-11-3-4-12-26/h5-10,13,21H,3-4,11-12,14-15H2,1-2H3,(H,24,27). The van der Waals surface area contributed by atoms with Crippen LogP contribution in [0.25, 0.3) is 0 Å². The van der Waals surface area contributed by atoms with Crippen molar-refractivity contribution in [3.63, 3.8) is 0 Å². The summed E-state index contributed by atoms with van der Waals surface area (Å²) in [4.78, 5) is 15.0. The van der Waals surface area contributed by atoms with E-state index in [-0.39, 0.29) is 11.9 Å². The van der Waals surface area contributed by atoms with Crippen LogP contribution in [0, 0.1) is 13.8 Å². The molecule has 1 unspecified atom stereocenters. The van der Waals surface area contributed by atoms with Crippen molar-refractivity contribution >= 4 is 5.91 Å². The number of nitrogens with one attached hydrogen (secondary N) is 1. The van der Waals surface area contributed by atoms with Gasteiger partial charge in [-0.15, -0.1) is 0 Å². The van der Waals surface area contributed by atoms with Crippen LogP contribution in [0.5, 0.6) is 5.75 Å². The molecule has 0 aliphatic carbocycles. The lowest BCUT2D eigenvalue weighted by atomic mass is 10.1. The molecule has 1 atom stereocenters. The van der Waals surface area contributed by atoms with E-state index in [9.17, 15) is 4.79 Å². The lowest BCUT2D eigenvalue weighted by Crippen LogP contribution is -2.36. The number of hydrogen-bond acceptors (Lipinski definition) is 6. The molecule has 1 N–H and O–H groups in total. The van der Waals surface area contributed by atoms with E-state index in [0.717, 1.165) is 35.9 Å². The van der Waals surface area contributed by atoms with Crippen LogP contribution in [-0.4, -0.2) is 35.6 Å². The van der Waals surface area contributed by atoms with Crippen LogP contribution in [0.2, 0.25) is 0 Å². The molecule has 30 heavy (non-hydrogen) atoms. The van der Waals surface area contributed by atoms with E-state index in [1.54, 1.807) is 30.5 Å². The Balaban J connectivity index is 1.34. The highest BCUT2D eigenvalue weighted by atomic mass is 16.5. The van der Waals surface area contributed by atoms with Crippen LogP contribution in [0.4, 0.5) is 0 Å². The molecular weight excluding hydrogens is 382 g/mol. The zero-order chi connectivity index (χ0) is 20.9. The number of ether oxygens (including phenoxy) is 1. The number of benzene rings is 1. The van der Waals surface area contributed by atoms with Crippen molar-refractivity contribution in [3.8, 4) is 5.75 Å². The minimum atomic E-state index is -0.108. The van der Waals surface area contributed by atoms with Gasteiger partial charge in [0.05, 0.1) is 23.6 Å². The number of nitrogens with zero attached hydrogens (tertiary/aromatic N) is 2. The van der Waals surface area contributed by atoms with Crippen LogP contribution in [0.15, 0.2) is 51.6 Å². The predicted molar refractivity (Wildman–Crippen MR) is 111 cm³/mol. The van der Waals surface area contributed by atoms with Gasteiger partial charge in [0.15, 0.2) is 0 Å². The second-order valence-electron chi connectivity index (χ2n) is 7.60. The van der Waals surface area contributed by atoms with Crippen molar-refractivity contribution in [1.29, 1.82) is 0 Å². The number of amides is 1. The summed E-state index contributed by atoms with van der Waals surface area (Å²) in [5, 5.41) is 6.98. The zero-order valence-electron chi connectivity index (χ0n) is 17.4. The molecule has 0 bridgehead atoms. The summed E-state index contributed by atoms with van der Waals surface area (Å²) in [5.74, 6) is 2.23. The van der Waals surface area contributed by atoms with Crippen molar-refractivity contribution in [2.45, 2.75) is 39.3 Å². The topological polar surface area (TPSA) is 80.7 Å². The van der Waals surface area contributed by atoms with Crippen LogP contribution < -0.4 is 10.1 Å². The van der Waals surface area contributed by atoms with Gasteiger partial charge in [0.2, 0.25) is 0 Å². The average Bonchev–Trinajstić information content (AvgIpc) is 3.52. The summed E-state index contributed by atoms with van der Waals surface area (Å²) in [7, 11) is 0. The Morgan fingerprint density at radius 2 is 1.97 bits per heavy atom. The molecule has 1 aliphatic rings. The van der Waals surface area contributed by atoms with E-state index in [0.29, 0.717) is 24.5 Å². The first-order valence-electron chi connectivity index (χ1n) is 10.3. The summed E-state index contributed by atoms with van der Waals surface area (Å²) < 4.78 is 16.6. The summed E-state index contributed by atoms with van der Waals surface area (Å²) in [6.45, 7) is 6.70. The summed E-state index contributed by atoms with van der Waals surface area (Å²) >= 11 is 0. The Morgan fingerprint density at radius 1 is 1.20 bits per heavy atom. The number of aromatic nitrogens is 1. The van der Waals surface area contributed by atoms with E-state index < -0.39 is 0 Å². The maximum Gasteiger partial charge on any atom is 0.251 e. The molecule has 0 spiro atoms. The number of furan rings is 1. The Morgan fingerprint density at radius 3 is 2.60 bits per heavy atom. The molecule has 1 fully saturated rings. The van der Waals surface area contributed by atoms with Crippen molar-refractivity contribution < 1.29 is 18.5 Å². The third-order valence-electron chi connectivity index (χ3n) is 5.59. The summed E-state index contributed by atoms with van der Waals surface area (Å²) in [6, 6.07) is 11.1. The molecule has 1 amide bonds. The van der Waals surface area contributed by atoms with Crippen LogP contribution >= 0.6 is 0 Å². The highest BCUT2D eigenvalue weighted by Gasteiger charge is 2.26. The van der Waals surface area contributed by atoms with Gasteiger partial charge in [0, 0.05) is 12.1 Å². The first kappa shape index (κ1) is 20.2. The number of carbonyl (C=O) groups is 1. The van der Waals surface area contributed by atoms with E-state index in [4.69, 9.17) is 13.7 Å². The monoisotopic (exact) mass is 409 g/mol. The minimum Gasteiger partial charge on any atom is -0.489 e. The third kappa shape index (κ3) is 4.57. The number of hydrogen-bond donors (Lipinski definition) is 1. The SMILES string of the molecule is Cc1noc(C)c1COc1ccc(C(=O)NCC(c2ccco2)N2CCCC2)cc1. The molecule has 0 radical (unpaired) electrons. The smallest absolute Gasteiger partial charge is 0.251 e. The molecule has 1 saturated heterocycles. The normalized spacial score (nSPS) is 15.3. The fraction of sp³-hybridized carbons (Fsp3) is 0.391. The lowest BCUT2D eigenvalue weighted by molar-refractivity contribution is 0.0933. The second kappa shape index (κ2) is 9.17. The highest BCUT2D eigenvalue weighted by Crippen LogP contribution is 2.25. The zero-order valence-corrected chi connectivity index (χ0v) is 17.4. The van der Waals surface area contributed by atoms with Gasteiger partial charge in [-0.05, 0) is 76.2 Å². The molecule has 4 rings (SSSR count). The number of carbonyl (C=O) groups excluding carboxylic acids is 1. The van der Waals surface area contributed by atoms with E-state index >= 15 is 0 Å². The Bertz CT molecular complexity index is 938. The molecule has 1 aromatic carbocycles. The van der Waals surface area contributed by atoms with Gasteiger partial charge in [-0.3, -0.25) is 9.69 Å². The highest BCUT2D eigenvalue weighted by molar-refractivity contribution is 5.94. The molecule has 3 aromatic rings. The number of likely N-dealkylation sites (tertiary alicyclic amines) is 1. The van der Waals surface area contributed by atoms with Gasteiger partial charge < -0.3 is 19.0 Å². The van der Waals surface area contributed by atoms with Gasteiger partial charge in [0.25, 0.3) is 5.91 Å². The molecule has 3 heterocycles. The quantitative estimate of drug-likeness (QED) is 0.605. The molecule has 2 aromatic heterocycles. The lowest BCUT2D eigenvalue weighted by Gasteiger charge is -2.26. The Hall–Kier alpha value is -3.06. The first-order chi connectivity index (χ1) is 14.6. The fourth-order valence-electron chi connectivity index (χ4n) is 3.80. The van der Waals surface area contributed by atoms with Crippen molar-refractivity contribution in [2.24, 2.45) is 0 Å². The third-order valence-corrected chi connectivity index (χ3v) is 5.59. The van der Waals surface area contributed by atoms with E-state index in [2.05, 4.69) is 15.4 Å². The van der Waals surface area contributed by atoms with Crippen LogP contribution in [0.3, 0.4) is 0 Å². The number of aryl methyl sites for hydroxylation is 2. The van der Waals surface area contributed by atoms with Gasteiger partial charge >= 0.3 is 0 Å². The molecule has 158 valence electrons. The Kier molecular flexibility index (Phi) is 6.18. The maximum absolute atomic E-state index is 12.7. The summed E-state index contributed by atoms with van der Waals surface area (Å²) in [6.07, 6.45) is 4.04. The van der Waals surface area contributed by atoms with Gasteiger partial charge in [0.1, 0.15) is 23.9 Å². The van der Waals surface area contributed by atoms with Crippen LogP contribution in [-0.2, 0) is 6.61 Å². The van der Waals surface area contributed by atoms with Gasteiger partial charge in [-0.1, -0.05) is 5.16 Å². The second-order valence-corrected chi connectivity index (χ2v) is 7.60. The van der Waals surface area contributed by atoms with E-state index in [1.165, 1.54) is 12.8 Å². The minimum absolute atomic E-state index is 0.0594. The maximum atomic E-state index is 12.7. The van der Waals surface area contributed by atoms with Crippen molar-refractivity contribution in [1.82, 2.24) is 15.4 Å². The molecule has 0 saturated carbocycles. The van der Waals surface area contributed by atoms with Crippen LogP contribution in [0.1, 0.15) is 52.0 Å². The first-order valence-corrected chi connectivity index (χ1v) is 10.3. The molecule has 1 aliphatic heterocycles. The summed E-state index contributed by atoms with van der Waals surface area (Å²) in [5.41, 5.74) is 2.37. The van der Waals surface area contributed by atoms with Crippen molar-refractivity contribution in [3.05, 3.63) is 71.0 Å². The van der Waals surface area contributed by atoms with E-state index in [1.807, 2.05) is 26.0 Å². The van der Waals surface area contributed by atoms with Gasteiger partial charge in [-0.25, -0.2) is 0 Å². The number of rotatable bonds is 8. The van der Waals surface area contributed by atoms with Gasteiger partial charge in [-0.2, -0.15) is 0 Å². The molecular formula is C23H27N3O4. The largest absolute Gasteiger partial charge is 0.489 e. The fourth-order valence-corrected chi connectivity index (χ4v) is 3.80.